The molecule has 2 nitrogen and oxygen atoms in total. The van der Waals surface area contributed by atoms with Crippen LogP contribution in [0, 0.1) is 11.8 Å². The lowest BCUT2D eigenvalue weighted by Crippen LogP contribution is -2.26. The summed E-state index contributed by atoms with van der Waals surface area (Å²) in [5.74, 6) is 4.94. The lowest BCUT2D eigenvalue weighted by molar-refractivity contribution is 0.213. The molecule has 1 aliphatic rings. The highest BCUT2D eigenvalue weighted by Gasteiger charge is 2.22. The number of nitrogens with zero attached hydrogens (tertiary/aromatic N) is 1. The van der Waals surface area contributed by atoms with Gasteiger partial charge in [0.1, 0.15) is 5.75 Å². The molecule has 110 valence electrons. The molecule has 2 atom stereocenters. The smallest absolute Gasteiger partial charge is 0.119 e. The fraction of sp³-hybridized carbons (Fsp3) is 0.389. The summed E-state index contributed by atoms with van der Waals surface area (Å²) in [6, 6.07) is 14.2. The second-order valence-electron chi connectivity index (χ2n) is 5.65. The average molecular weight is 299 g/mol. The topological polar surface area (TPSA) is 22.1 Å². The van der Waals surface area contributed by atoms with Crippen LogP contribution in [0.15, 0.2) is 48.7 Å². The Balaban J connectivity index is 1.60. The maximum atomic E-state index is 5.97. The van der Waals surface area contributed by atoms with E-state index in [2.05, 4.69) is 35.8 Å². The van der Waals surface area contributed by atoms with Crippen molar-refractivity contribution in [1.82, 2.24) is 4.98 Å². The van der Waals surface area contributed by atoms with Crippen molar-refractivity contribution < 1.29 is 4.74 Å². The highest BCUT2D eigenvalue weighted by atomic mass is 32.2. The molecule has 0 N–H and O–H groups in total. The van der Waals surface area contributed by atoms with Crippen molar-refractivity contribution in [3.8, 4) is 17.0 Å². The van der Waals surface area contributed by atoms with Crippen molar-refractivity contribution in [3.05, 3.63) is 48.7 Å². The van der Waals surface area contributed by atoms with Crippen molar-refractivity contribution in [1.29, 1.82) is 0 Å². The molecule has 2 aromatic rings. The van der Waals surface area contributed by atoms with Crippen molar-refractivity contribution in [2.75, 3.05) is 18.1 Å². The maximum Gasteiger partial charge on any atom is 0.119 e. The first-order chi connectivity index (χ1) is 10.3. The van der Waals surface area contributed by atoms with Crippen LogP contribution in [0.1, 0.15) is 13.3 Å². The molecule has 0 amide bonds. The Morgan fingerprint density at radius 3 is 2.76 bits per heavy atom. The van der Waals surface area contributed by atoms with E-state index in [9.17, 15) is 0 Å². The van der Waals surface area contributed by atoms with Crippen LogP contribution < -0.4 is 4.74 Å². The molecular weight excluding hydrogens is 278 g/mol. The van der Waals surface area contributed by atoms with E-state index in [1.165, 1.54) is 17.9 Å². The molecule has 0 radical (unpaired) electrons. The number of benzene rings is 1. The van der Waals surface area contributed by atoms with Crippen LogP contribution >= 0.6 is 11.8 Å². The fourth-order valence-electron chi connectivity index (χ4n) is 2.57. The molecule has 1 aromatic carbocycles. The first kappa shape index (κ1) is 14.5. The lowest BCUT2D eigenvalue weighted by atomic mass is 9.94. The van der Waals surface area contributed by atoms with Gasteiger partial charge in [-0.15, -0.1) is 0 Å². The van der Waals surface area contributed by atoms with Crippen molar-refractivity contribution in [2.45, 2.75) is 13.3 Å². The number of rotatable bonds is 4. The number of aromatic nitrogens is 1. The van der Waals surface area contributed by atoms with E-state index in [4.69, 9.17) is 4.74 Å². The van der Waals surface area contributed by atoms with Gasteiger partial charge in [-0.1, -0.05) is 13.0 Å². The molecule has 2 heterocycles. The third-order valence-corrected chi connectivity index (χ3v) is 5.32. The zero-order valence-corrected chi connectivity index (χ0v) is 13.2. The van der Waals surface area contributed by atoms with Crippen LogP contribution in [0.25, 0.3) is 11.3 Å². The minimum absolute atomic E-state index is 0.680. The van der Waals surface area contributed by atoms with Gasteiger partial charge in [-0.25, -0.2) is 0 Å². The first-order valence-electron chi connectivity index (χ1n) is 7.55. The van der Waals surface area contributed by atoms with Gasteiger partial charge in [0.2, 0.25) is 0 Å². The normalized spacial score (nSPS) is 22.0. The molecule has 1 fully saturated rings. The third kappa shape index (κ3) is 3.79. The van der Waals surface area contributed by atoms with Gasteiger partial charge < -0.3 is 4.74 Å². The SMILES string of the molecule is CC1CCSC[C@@H]1COc1ccc(-c2ccccn2)cc1. The number of ether oxygens (including phenoxy) is 1. The molecule has 0 bridgehead atoms. The van der Waals surface area contributed by atoms with E-state index < -0.39 is 0 Å². The monoisotopic (exact) mass is 299 g/mol. The summed E-state index contributed by atoms with van der Waals surface area (Å²) in [6.45, 7) is 3.18. The predicted molar refractivity (Wildman–Crippen MR) is 89.8 cm³/mol. The molecule has 1 unspecified atom stereocenters. The number of hydrogen-bond donors (Lipinski definition) is 0. The Bertz CT molecular complexity index is 555. The molecular formula is C18H21NOS. The second kappa shape index (κ2) is 6.99. The molecule has 0 saturated carbocycles. The highest BCUT2D eigenvalue weighted by Crippen LogP contribution is 2.29. The summed E-state index contributed by atoms with van der Waals surface area (Å²) >= 11 is 2.05. The van der Waals surface area contributed by atoms with Gasteiger partial charge in [0.25, 0.3) is 0 Å². The molecule has 3 heteroatoms. The number of thioether (sulfide) groups is 1. The molecule has 0 aliphatic carbocycles. The van der Waals surface area contributed by atoms with E-state index in [0.717, 1.165) is 29.5 Å². The highest BCUT2D eigenvalue weighted by molar-refractivity contribution is 7.99. The summed E-state index contributed by atoms with van der Waals surface area (Å²) in [7, 11) is 0. The minimum atomic E-state index is 0.680. The van der Waals surface area contributed by atoms with Gasteiger partial charge >= 0.3 is 0 Å². The second-order valence-corrected chi connectivity index (χ2v) is 6.80. The average Bonchev–Trinajstić information content (AvgIpc) is 2.55. The zero-order chi connectivity index (χ0) is 14.5. The quantitative estimate of drug-likeness (QED) is 0.829. The van der Waals surface area contributed by atoms with Gasteiger partial charge in [-0.2, -0.15) is 11.8 Å². The van der Waals surface area contributed by atoms with Crippen molar-refractivity contribution in [3.63, 3.8) is 0 Å². The van der Waals surface area contributed by atoms with Gasteiger partial charge in [-0.3, -0.25) is 4.98 Å². The Hall–Kier alpha value is -1.48. The van der Waals surface area contributed by atoms with Gasteiger partial charge in [0.15, 0.2) is 0 Å². The molecule has 21 heavy (non-hydrogen) atoms. The predicted octanol–water partition coefficient (Wildman–Crippen LogP) is 4.52. The molecule has 1 aliphatic heterocycles. The molecule has 1 aromatic heterocycles. The summed E-state index contributed by atoms with van der Waals surface area (Å²) < 4.78 is 5.97. The molecule has 1 saturated heterocycles. The molecule has 0 spiro atoms. The molecule has 3 rings (SSSR count). The Kier molecular flexibility index (Phi) is 4.81. The lowest BCUT2D eigenvalue weighted by Gasteiger charge is -2.28. The largest absolute Gasteiger partial charge is 0.493 e. The number of pyridine rings is 1. The summed E-state index contributed by atoms with van der Waals surface area (Å²) in [5, 5.41) is 0. The standard InChI is InChI=1S/C18H21NOS/c1-14-9-11-21-13-16(14)12-20-17-7-5-15(6-8-17)18-4-2-3-10-19-18/h2-8,10,14,16H,9,11-13H2,1H3/t14?,16-/m0/s1. The van der Waals surface area contributed by atoms with Crippen LogP contribution in [-0.4, -0.2) is 23.1 Å². The van der Waals surface area contributed by atoms with E-state index >= 15 is 0 Å². The Morgan fingerprint density at radius 1 is 1.19 bits per heavy atom. The third-order valence-electron chi connectivity index (χ3n) is 4.13. The summed E-state index contributed by atoms with van der Waals surface area (Å²) in [5.41, 5.74) is 2.13. The van der Waals surface area contributed by atoms with E-state index in [1.807, 2.05) is 36.5 Å². The van der Waals surface area contributed by atoms with Crippen LogP contribution in [0.2, 0.25) is 0 Å². The first-order valence-corrected chi connectivity index (χ1v) is 8.70. The van der Waals surface area contributed by atoms with Gasteiger partial charge in [0.05, 0.1) is 12.3 Å². The Labute approximate surface area is 130 Å². The van der Waals surface area contributed by atoms with Crippen LogP contribution in [0.5, 0.6) is 5.75 Å². The van der Waals surface area contributed by atoms with E-state index in [-0.39, 0.29) is 0 Å². The van der Waals surface area contributed by atoms with Crippen molar-refractivity contribution >= 4 is 11.8 Å². The fourth-order valence-corrected chi connectivity index (χ4v) is 4.01. The maximum absolute atomic E-state index is 5.97. The summed E-state index contributed by atoms with van der Waals surface area (Å²) in [4.78, 5) is 4.36. The van der Waals surface area contributed by atoms with Crippen LogP contribution in [0.4, 0.5) is 0 Å². The van der Waals surface area contributed by atoms with Crippen LogP contribution in [-0.2, 0) is 0 Å². The summed E-state index contributed by atoms with van der Waals surface area (Å²) in [6.07, 6.45) is 3.14. The zero-order valence-electron chi connectivity index (χ0n) is 12.4. The van der Waals surface area contributed by atoms with Crippen molar-refractivity contribution in [2.24, 2.45) is 11.8 Å². The van der Waals surface area contributed by atoms with Crippen LogP contribution in [0.3, 0.4) is 0 Å². The van der Waals surface area contributed by atoms with E-state index in [0.29, 0.717) is 5.92 Å². The van der Waals surface area contributed by atoms with Gasteiger partial charge in [0, 0.05) is 17.7 Å². The van der Waals surface area contributed by atoms with Gasteiger partial charge in [-0.05, 0) is 60.2 Å². The number of hydrogen-bond acceptors (Lipinski definition) is 3. The Morgan fingerprint density at radius 2 is 2.05 bits per heavy atom. The minimum Gasteiger partial charge on any atom is -0.493 e. The van der Waals surface area contributed by atoms with E-state index in [1.54, 1.807) is 0 Å².